The quantitative estimate of drug-likeness (QED) is 0.594. The molecular weight excluding hydrogens is 345 g/mol. The maximum Gasteiger partial charge on any atom is 0.573 e. The number of aliphatic hydroxyl groups is 2. The zero-order valence-electron chi connectivity index (χ0n) is 13.9. The molecule has 0 aliphatic rings. The summed E-state index contributed by atoms with van der Waals surface area (Å²) in [5.41, 5.74) is 4.65. The summed E-state index contributed by atoms with van der Waals surface area (Å²) in [6.07, 6.45) is -8.90. The zero-order valence-corrected chi connectivity index (χ0v) is 13.9. The van der Waals surface area contributed by atoms with E-state index >= 15 is 0 Å². The molecule has 0 aromatic heterocycles. The van der Waals surface area contributed by atoms with E-state index in [1.165, 1.54) is 0 Å². The number of amides is 1. The number of hydrogen-bond acceptors (Lipinski definition) is 6. The fraction of sp³-hybridized carbons (Fsp3) is 0.533. The van der Waals surface area contributed by atoms with Crippen molar-refractivity contribution in [3.05, 3.63) is 23.8 Å². The van der Waals surface area contributed by atoms with E-state index in [2.05, 4.69) is 10.1 Å². The molecular formula is C15H21F3N2O5. The van der Waals surface area contributed by atoms with Gasteiger partial charge in [0.25, 0.3) is 0 Å². The van der Waals surface area contributed by atoms with Gasteiger partial charge in [-0.05, 0) is 39.0 Å². The lowest BCUT2D eigenvalue weighted by atomic mass is 10.0. The first-order valence-electron chi connectivity index (χ1n) is 7.26. The lowest BCUT2D eigenvalue weighted by Crippen LogP contribution is -2.39. The Hall–Kier alpha value is -2.20. The van der Waals surface area contributed by atoms with Crippen LogP contribution in [0.1, 0.15) is 32.4 Å². The molecule has 7 nitrogen and oxygen atoms in total. The first kappa shape index (κ1) is 20.8. The number of hydrogen-bond donors (Lipinski definition) is 4. The van der Waals surface area contributed by atoms with Crippen LogP contribution >= 0.6 is 0 Å². The molecule has 0 radical (unpaired) electrons. The highest BCUT2D eigenvalue weighted by Gasteiger charge is 2.32. The molecule has 0 bridgehead atoms. The Kier molecular flexibility index (Phi) is 6.49. The average Bonchev–Trinajstić information content (AvgIpc) is 2.42. The minimum atomic E-state index is -4.91. The second-order valence-electron chi connectivity index (χ2n) is 6.23. The average molecular weight is 366 g/mol. The van der Waals surface area contributed by atoms with Gasteiger partial charge in [0.2, 0.25) is 0 Å². The predicted octanol–water partition coefficient (Wildman–Crippen LogP) is 2.09. The van der Waals surface area contributed by atoms with Crippen LogP contribution < -0.4 is 15.8 Å². The number of alkyl carbamates (subject to hydrolysis) is 1. The third-order valence-corrected chi connectivity index (χ3v) is 2.83. The summed E-state index contributed by atoms with van der Waals surface area (Å²) in [4.78, 5) is 11.5. The van der Waals surface area contributed by atoms with Crippen LogP contribution in [0, 0.1) is 0 Å². The van der Waals surface area contributed by atoms with Gasteiger partial charge in [0.15, 0.2) is 0 Å². The Balaban J connectivity index is 2.76. The minimum absolute atomic E-state index is 0.0432. The van der Waals surface area contributed by atoms with E-state index in [-0.39, 0.29) is 11.3 Å². The fourth-order valence-corrected chi connectivity index (χ4v) is 1.83. The molecule has 1 rings (SSSR count). The summed E-state index contributed by atoms with van der Waals surface area (Å²) < 4.78 is 45.5. The highest BCUT2D eigenvalue weighted by atomic mass is 19.4. The molecule has 0 saturated carbocycles. The lowest BCUT2D eigenvalue weighted by molar-refractivity contribution is -0.274. The number of anilines is 1. The molecule has 0 saturated heterocycles. The van der Waals surface area contributed by atoms with Crippen molar-refractivity contribution < 1.29 is 37.7 Å². The Labute approximate surface area is 142 Å². The Bertz CT molecular complexity index is 602. The standard InChI is InChI=1S/C15H21F3N2O5/c1-14(2,3)25-13(23)20-7-11(21)12(22)9-6-8(4-5-10(9)19)24-15(16,17)18/h4-6,11-12,21-22H,7,19H2,1-3H3,(H,20,23). The summed E-state index contributed by atoms with van der Waals surface area (Å²) in [6, 6.07) is 2.95. The zero-order chi connectivity index (χ0) is 19.4. The molecule has 142 valence electrons. The number of nitrogens with one attached hydrogen (secondary N) is 1. The number of benzene rings is 1. The third kappa shape index (κ3) is 7.48. The molecule has 0 heterocycles. The van der Waals surface area contributed by atoms with E-state index in [9.17, 15) is 28.2 Å². The number of carbonyl (C=O) groups excluding carboxylic acids is 1. The second-order valence-corrected chi connectivity index (χ2v) is 6.23. The van der Waals surface area contributed by atoms with Crippen LogP contribution in [-0.2, 0) is 4.74 Å². The van der Waals surface area contributed by atoms with E-state index in [0.29, 0.717) is 0 Å². The van der Waals surface area contributed by atoms with Crippen molar-refractivity contribution in [2.24, 2.45) is 0 Å². The van der Waals surface area contributed by atoms with Gasteiger partial charge in [-0.2, -0.15) is 0 Å². The van der Waals surface area contributed by atoms with Crippen molar-refractivity contribution in [1.82, 2.24) is 5.32 Å². The molecule has 0 aliphatic heterocycles. The molecule has 2 unspecified atom stereocenters. The monoisotopic (exact) mass is 366 g/mol. The van der Waals surface area contributed by atoms with Gasteiger partial charge in [0.1, 0.15) is 23.6 Å². The van der Waals surface area contributed by atoms with Gasteiger partial charge >= 0.3 is 12.5 Å². The maximum atomic E-state index is 12.3. The molecule has 2 atom stereocenters. The third-order valence-electron chi connectivity index (χ3n) is 2.83. The molecule has 0 fully saturated rings. The highest BCUT2D eigenvalue weighted by molar-refractivity contribution is 5.67. The van der Waals surface area contributed by atoms with Crippen LogP contribution in [0.3, 0.4) is 0 Å². The van der Waals surface area contributed by atoms with E-state index in [0.717, 1.165) is 18.2 Å². The molecule has 5 N–H and O–H groups in total. The maximum absolute atomic E-state index is 12.3. The number of nitrogens with two attached hydrogens (primary N) is 1. The number of aliphatic hydroxyl groups excluding tert-OH is 2. The summed E-state index contributed by atoms with van der Waals surface area (Å²) >= 11 is 0. The summed E-state index contributed by atoms with van der Waals surface area (Å²) in [7, 11) is 0. The van der Waals surface area contributed by atoms with Gasteiger partial charge in [0.05, 0.1) is 0 Å². The predicted molar refractivity (Wildman–Crippen MR) is 82.7 cm³/mol. The van der Waals surface area contributed by atoms with Crippen molar-refractivity contribution in [3.8, 4) is 5.75 Å². The molecule has 0 spiro atoms. The molecule has 1 aromatic rings. The van der Waals surface area contributed by atoms with Crippen LogP contribution in [0.15, 0.2) is 18.2 Å². The smallest absolute Gasteiger partial charge is 0.444 e. The summed E-state index contributed by atoms with van der Waals surface area (Å²) in [6.45, 7) is 4.53. The topological polar surface area (TPSA) is 114 Å². The molecule has 1 amide bonds. The Morgan fingerprint density at radius 2 is 1.88 bits per heavy atom. The van der Waals surface area contributed by atoms with Gasteiger partial charge < -0.3 is 30.7 Å². The number of ether oxygens (including phenoxy) is 2. The van der Waals surface area contributed by atoms with Crippen LogP contribution in [0.25, 0.3) is 0 Å². The first-order chi connectivity index (χ1) is 11.3. The number of alkyl halides is 3. The van der Waals surface area contributed by atoms with Crippen molar-refractivity contribution in [2.75, 3.05) is 12.3 Å². The van der Waals surface area contributed by atoms with E-state index in [1.807, 2.05) is 0 Å². The van der Waals surface area contributed by atoms with Crippen molar-refractivity contribution in [1.29, 1.82) is 0 Å². The van der Waals surface area contributed by atoms with Crippen LogP contribution in [0.4, 0.5) is 23.7 Å². The van der Waals surface area contributed by atoms with E-state index < -0.39 is 42.6 Å². The fourth-order valence-electron chi connectivity index (χ4n) is 1.83. The van der Waals surface area contributed by atoms with Gasteiger partial charge in [-0.1, -0.05) is 0 Å². The highest BCUT2D eigenvalue weighted by Crippen LogP contribution is 2.30. The van der Waals surface area contributed by atoms with Crippen molar-refractivity contribution in [2.45, 2.75) is 44.9 Å². The Morgan fingerprint density at radius 3 is 2.40 bits per heavy atom. The van der Waals surface area contributed by atoms with E-state index in [4.69, 9.17) is 10.5 Å². The van der Waals surface area contributed by atoms with Crippen LogP contribution in [0.2, 0.25) is 0 Å². The largest absolute Gasteiger partial charge is 0.573 e. The number of halogens is 3. The summed E-state index contributed by atoms with van der Waals surface area (Å²) in [5, 5.41) is 22.2. The van der Waals surface area contributed by atoms with Gasteiger partial charge in [-0.25, -0.2) is 4.79 Å². The normalized spacial score (nSPS) is 14.6. The Morgan fingerprint density at radius 1 is 1.28 bits per heavy atom. The lowest BCUT2D eigenvalue weighted by Gasteiger charge is -2.23. The van der Waals surface area contributed by atoms with Gasteiger partial charge in [0, 0.05) is 17.8 Å². The number of nitrogen functional groups attached to an aromatic ring is 1. The molecule has 25 heavy (non-hydrogen) atoms. The summed E-state index contributed by atoms with van der Waals surface area (Å²) in [5.74, 6) is -0.594. The second kappa shape index (κ2) is 7.79. The van der Waals surface area contributed by atoms with Gasteiger partial charge in [-0.3, -0.25) is 0 Å². The van der Waals surface area contributed by atoms with Crippen LogP contribution in [0.5, 0.6) is 5.75 Å². The van der Waals surface area contributed by atoms with Crippen molar-refractivity contribution >= 4 is 11.8 Å². The number of rotatable bonds is 5. The molecule has 0 aliphatic carbocycles. The first-order valence-corrected chi connectivity index (χ1v) is 7.26. The van der Waals surface area contributed by atoms with Gasteiger partial charge in [-0.15, -0.1) is 13.2 Å². The molecule has 10 heteroatoms. The van der Waals surface area contributed by atoms with Crippen LogP contribution in [-0.4, -0.2) is 40.9 Å². The number of carbonyl (C=O) groups is 1. The van der Waals surface area contributed by atoms with Crippen molar-refractivity contribution in [3.63, 3.8) is 0 Å². The van der Waals surface area contributed by atoms with E-state index in [1.54, 1.807) is 20.8 Å². The minimum Gasteiger partial charge on any atom is -0.444 e. The molecule has 1 aromatic carbocycles. The SMILES string of the molecule is CC(C)(C)OC(=O)NCC(O)C(O)c1cc(OC(F)(F)F)ccc1N.